The molecule has 2 rings (SSSR count). The molecule has 2 aromatic carbocycles. The number of hydrogen-bond donors (Lipinski definition) is 7. The fourth-order valence-electron chi connectivity index (χ4n) is 2.42. The highest BCUT2D eigenvalue weighted by Gasteiger charge is 2.19. The molecule has 11 nitrogen and oxygen atoms in total. The first-order valence-electron chi connectivity index (χ1n) is 8.49. The lowest BCUT2D eigenvalue weighted by Gasteiger charge is -2.13. The number of anilines is 2. The van der Waals surface area contributed by atoms with Gasteiger partial charge >= 0.3 is 11.9 Å². The van der Waals surface area contributed by atoms with Gasteiger partial charge in [0.1, 0.15) is 5.84 Å². The normalized spacial score (nSPS) is 11.2. The first-order valence-corrected chi connectivity index (χ1v) is 8.49. The SMILES string of the molecule is N=C(N)c1ccc(NC(=O)C(N)CC(=O)Nc2cc(C(=O)O)cc(C(=O)O)c2)cc1. The molecular formula is C19H19N5O6. The quantitative estimate of drug-likeness (QED) is 0.241. The fourth-order valence-corrected chi connectivity index (χ4v) is 2.42. The van der Waals surface area contributed by atoms with Gasteiger partial charge in [-0.2, -0.15) is 0 Å². The zero-order valence-electron chi connectivity index (χ0n) is 15.5. The fraction of sp³-hybridized carbons (Fsp3) is 0.105. The van der Waals surface area contributed by atoms with Crippen molar-refractivity contribution in [3.05, 3.63) is 59.2 Å². The minimum absolute atomic E-state index is 0.0512. The van der Waals surface area contributed by atoms with Gasteiger partial charge < -0.3 is 32.3 Å². The van der Waals surface area contributed by atoms with Crippen molar-refractivity contribution >= 4 is 41.0 Å². The number of rotatable bonds is 8. The van der Waals surface area contributed by atoms with E-state index < -0.39 is 36.2 Å². The number of nitrogen functional groups attached to an aromatic ring is 1. The molecule has 0 saturated heterocycles. The van der Waals surface area contributed by atoms with Crippen LogP contribution in [0.15, 0.2) is 42.5 Å². The van der Waals surface area contributed by atoms with Crippen molar-refractivity contribution in [1.29, 1.82) is 5.41 Å². The van der Waals surface area contributed by atoms with Crippen LogP contribution in [0.3, 0.4) is 0 Å². The van der Waals surface area contributed by atoms with E-state index in [-0.39, 0.29) is 22.6 Å². The molecule has 11 heteroatoms. The van der Waals surface area contributed by atoms with Crippen molar-refractivity contribution in [2.75, 3.05) is 10.6 Å². The number of nitrogens with two attached hydrogens (primary N) is 2. The standard InChI is InChI=1S/C19H19N5O6/c20-14(17(26)24-12-3-1-9(2-4-12)16(21)22)8-15(25)23-13-6-10(18(27)28)5-11(7-13)19(29)30/h1-7,14H,8,20H2,(H3,21,22)(H,23,25)(H,24,26)(H,27,28)(H,29,30). The molecular weight excluding hydrogens is 394 g/mol. The third-order valence-corrected chi connectivity index (χ3v) is 3.92. The van der Waals surface area contributed by atoms with Crippen molar-refractivity contribution in [3.8, 4) is 0 Å². The average molecular weight is 413 g/mol. The van der Waals surface area contributed by atoms with Crippen LogP contribution in [0.1, 0.15) is 32.7 Å². The highest BCUT2D eigenvalue weighted by molar-refractivity contribution is 6.02. The van der Waals surface area contributed by atoms with Crippen LogP contribution in [0, 0.1) is 5.41 Å². The largest absolute Gasteiger partial charge is 0.478 e. The molecule has 2 aromatic rings. The molecule has 0 aliphatic carbocycles. The number of carbonyl (C=O) groups excluding carboxylic acids is 2. The summed E-state index contributed by atoms with van der Waals surface area (Å²) < 4.78 is 0. The van der Waals surface area contributed by atoms with Crippen LogP contribution < -0.4 is 22.1 Å². The van der Waals surface area contributed by atoms with Gasteiger partial charge in [-0.05, 0) is 42.5 Å². The summed E-state index contributed by atoms with van der Waals surface area (Å²) in [6.45, 7) is 0. The summed E-state index contributed by atoms with van der Waals surface area (Å²) in [4.78, 5) is 46.6. The van der Waals surface area contributed by atoms with E-state index in [2.05, 4.69) is 10.6 Å². The monoisotopic (exact) mass is 413 g/mol. The van der Waals surface area contributed by atoms with E-state index in [1.165, 1.54) is 24.3 Å². The van der Waals surface area contributed by atoms with Crippen molar-refractivity contribution < 1.29 is 29.4 Å². The van der Waals surface area contributed by atoms with E-state index >= 15 is 0 Å². The zero-order chi connectivity index (χ0) is 22.4. The van der Waals surface area contributed by atoms with Crippen LogP contribution in [0.4, 0.5) is 11.4 Å². The van der Waals surface area contributed by atoms with Crippen LogP contribution >= 0.6 is 0 Å². The predicted molar refractivity (Wildman–Crippen MR) is 108 cm³/mol. The first-order chi connectivity index (χ1) is 14.1. The number of carboxylic acid groups (broad SMARTS) is 2. The van der Waals surface area contributed by atoms with Gasteiger partial charge in [-0.1, -0.05) is 0 Å². The highest BCUT2D eigenvalue weighted by Crippen LogP contribution is 2.16. The molecule has 0 saturated carbocycles. The third kappa shape index (κ3) is 5.87. The molecule has 0 heterocycles. The molecule has 0 spiro atoms. The number of benzene rings is 2. The van der Waals surface area contributed by atoms with E-state index in [9.17, 15) is 19.2 Å². The second-order valence-electron chi connectivity index (χ2n) is 6.25. The van der Waals surface area contributed by atoms with Crippen LogP contribution in [-0.4, -0.2) is 45.8 Å². The molecule has 0 aromatic heterocycles. The van der Waals surface area contributed by atoms with Gasteiger partial charge in [0.25, 0.3) is 0 Å². The Morgan fingerprint density at radius 1 is 0.867 bits per heavy atom. The summed E-state index contributed by atoms with van der Waals surface area (Å²) in [6.07, 6.45) is -0.433. The van der Waals surface area contributed by atoms with Crippen LogP contribution in [0.5, 0.6) is 0 Å². The Hall–Kier alpha value is -4.25. The Balaban J connectivity index is 2.01. The van der Waals surface area contributed by atoms with E-state index in [0.29, 0.717) is 11.3 Å². The van der Waals surface area contributed by atoms with Gasteiger partial charge in [0, 0.05) is 16.9 Å². The molecule has 30 heavy (non-hydrogen) atoms. The lowest BCUT2D eigenvalue weighted by molar-refractivity contribution is -0.122. The third-order valence-electron chi connectivity index (χ3n) is 3.92. The maximum absolute atomic E-state index is 12.2. The van der Waals surface area contributed by atoms with Crippen LogP contribution in [-0.2, 0) is 9.59 Å². The number of carboxylic acids is 2. The van der Waals surface area contributed by atoms with Gasteiger partial charge in [0.05, 0.1) is 23.6 Å². The lowest BCUT2D eigenvalue weighted by Crippen LogP contribution is -2.38. The first kappa shape index (κ1) is 22.0. The summed E-state index contributed by atoms with van der Waals surface area (Å²) in [5.41, 5.74) is 11.3. The second kappa shape index (κ2) is 9.30. The van der Waals surface area contributed by atoms with Crippen LogP contribution in [0.2, 0.25) is 0 Å². The summed E-state index contributed by atoms with van der Waals surface area (Å²) in [6, 6.07) is 8.02. The molecule has 0 aliphatic rings. The smallest absolute Gasteiger partial charge is 0.335 e. The Morgan fingerprint density at radius 2 is 1.40 bits per heavy atom. The Morgan fingerprint density at radius 3 is 1.87 bits per heavy atom. The molecule has 2 amide bonds. The number of amidine groups is 1. The summed E-state index contributed by atoms with van der Waals surface area (Å²) in [7, 11) is 0. The van der Waals surface area contributed by atoms with E-state index in [1.807, 2.05) is 0 Å². The van der Waals surface area contributed by atoms with Crippen molar-refractivity contribution in [2.45, 2.75) is 12.5 Å². The van der Waals surface area contributed by atoms with Gasteiger partial charge in [0.2, 0.25) is 11.8 Å². The minimum Gasteiger partial charge on any atom is -0.478 e. The summed E-state index contributed by atoms with van der Waals surface area (Å²) in [5, 5.41) is 30.3. The zero-order valence-corrected chi connectivity index (χ0v) is 15.5. The van der Waals surface area contributed by atoms with E-state index in [0.717, 1.165) is 18.2 Å². The molecule has 0 bridgehead atoms. The number of amides is 2. The molecule has 156 valence electrons. The maximum atomic E-state index is 12.2. The molecule has 0 fully saturated rings. The molecule has 0 radical (unpaired) electrons. The predicted octanol–water partition coefficient (Wildman–Crippen LogP) is 0.662. The highest BCUT2D eigenvalue weighted by atomic mass is 16.4. The number of carbonyl (C=O) groups is 4. The van der Waals surface area contributed by atoms with E-state index in [1.54, 1.807) is 0 Å². The van der Waals surface area contributed by atoms with Crippen molar-refractivity contribution in [3.63, 3.8) is 0 Å². The topological polar surface area (TPSA) is 209 Å². The van der Waals surface area contributed by atoms with Gasteiger partial charge in [-0.15, -0.1) is 0 Å². The van der Waals surface area contributed by atoms with Crippen molar-refractivity contribution in [1.82, 2.24) is 0 Å². The molecule has 1 unspecified atom stereocenters. The number of aromatic carboxylic acids is 2. The summed E-state index contributed by atoms with van der Waals surface area (Å²) >= 11 is 0. The molecule has 1 atom stereocenters. The van der Waals surface area contributed by atoms with Gasteiger partial charge in [0.15, 0.2) is 0 Å². The van der Waals surface area contributed by atoms with Crippen LogP contribution in [0.25, 0.3) is 0 Å². The Labute approximate surface area is 170 Å². The van der Waals surface area contributed by atoms with Gasteiger partial charge in [-0.3, -0.25) is 15.0 Å². The molecule has 0 aliphatic heterocycles. The number of hydrogen-bond acceptors (Lipinski definition) is 6. The Bertz CT molecular complexity index is 986. The Kier molecular flexibility index (Phi) is 6.83. The summed E-state index contributed by atoms with van der Waals surface area (Å²) in [5.74, 6) is -4.20. The van der Waals surface area contributed by atoms with E-state index in [4.69, 9.17) is 27.1 Å². The number of nitrogens with one attached hydrogen (secondary N) is 3. The lowest BCUT2D eigenvalue weighted by atomic mass is 10.1. The second-order valence-corrected chi connectivity index (χ2v) is 6.25. The molecule has 9 N–H and O–H groups in total. The minimum atomic E-state index is -1.36. The average Bonchev–Trinajstić information content (AvgIpc) is 2.67. The van der Waals surface area contributed by atoms with Gasteiger partial charge in [-0.25, -0.2) is 9.59 Å². The van der Waals surface area contributed by atoms with Crippen molar-refractivity contribution in [2.24, 2.45) is 11.5 Å². The maximum Gasteiger partial charge on any atom is 0.335 e.